The molecule has 0 N–H and O–H groups in total. The van der Waals surface area contributed by atoms with Crippen LogP contribution in [0.2, 0.25) is 0 Å². The molecule has 148 valence electrons. The summed E-state index contributed by atoms with van der Waals surface area (Å²) in [6.07, 6.45) is 3.10. The molecule has 2 aromatic rings. The molecule has 2 aliphatic rings. The molecule has 1 aliphatic carbocycles. The Morgan fingerprint density at radius 1 is 1.18 bits per heavy atom. The van der Waals surface area contributed by atoms with E-state index in [9.17, 15) is 9.59 Å². The van der Waals surface area contributed by atoms with E-state index in [1.165, 1.54) is 5.56 Å². The van der Waals surface area contributed by atoms with Crippen molar-refractivity contribution in [1.82, 2.24) is 9.80 Å². The van der Waals surface area contributed by atoms with Crippen LogP contribution in [0.25, 0.3) is 0 Å². The van der Waals surface area contributed by atoms with Crippen LogP contribution in [0, 0.1) is 6.92 Å². The molecule has 5 heteroatoms. The van der Waals surface area contributed by atoms with Crippen molar-refractivity contribution in [3.05, 3.63) is 58.5 Å². The number of nitrogens with zero attached hydrogens (tertiary/aromatic N) is 2. The summed E-state index contributed by atoms with van der Waals surface area (Å²) in [7, 11) is 0. The maximum absolute atomic E-state index is 13.2. The standard InChI is InChI=1S/C23H28N2O3/c1-3-18-15-25(13-12-24(18)14-17-8-5-4-6-9-17)23(27)22-16(2)21-19(26)10-7-11-20(21)28-22/h4-6,8-9,18H,3,7,10-15H2,1-2H3/t18-/m0/s1. The van der Waals surface area contributed by atoms with Gasteiger partial charge >= 0.3 is 0 Å². The Labute approximate surface area is 166 Å². The first-order valence-electron chi connectivity index (χ1n) is 10.3. The van der Waals surface area contributed by atoms with Crippen molar-refractivity contribution in [2.75, 3.05) is 19.6 Å². The van der Waals surface area contributed by atoms with Gasteiger partial charge in [-0.2, -0.15) is 0 Å². The molecule has 1 fully saturated rings. The van der Waals surface area contributed by atoms with E-state index in [4.69, 9.17) is 4.42 Å². The molecule has 0 bridgehead atoms. The van der Waals surface area contributed by atoms with Crippen LogP contribution in [-0.2, 0) is 13.0 Å². The van der Waals surface area contributed by atoms with E-state index < -0.39 is 0 Å². The maximum Gasteiger partial charge on any atom is 0.289 e. The Morgan fingerprint density at radius 2 is 1.96 bits per heavy atom. The molecule has 1 aromatic carbocycles. The maximum atomic E-state index is 13.2. The highest BCUT2D eigenvalue weighted by atomic mass is 16.4. The minimum absolute atomic E-state index is 0.0717. The topological polar surface area (TPSA) is 53.8 Å². The lowest BCUT2D eigenvalue weighted by atomic mass is 9.94. The summed E-state index contributed by atoms with van der Waals surface area (Å²) in [5.41, 5.74) is 2.68. The van der Waals surface area contributed by atoms with Gasteiger partial charge in [0.25, 0.3) is 5.91 Å². The van der Waals surface area contributed by atoms with E-state index in [1.807, 2.05) is 17.9 Å². The summed E-state index contributed by atoms with van der Waals surface area (Å²) in [4.78, 5) is 29.8. The SMILES string of the molecule is CC[C@H]1CN(C(=O)c2oc3c(c2C)C(=O)CCC3)CCN1Cc1ccccc1. The third kappa shape index (κ3) is 3.51. The number of benzene rings is 1. The van der Waals surface area contributed by atoms with Gasteiger partial charge in [0.1, 0.15) is 5.76 Å². The molecule has 4 rings (SSSR count). The average molecular weight is 380 g/mol. The normalized spacial score (nSPS) is 20.3. The highest BCUT2D eigenvalue weighted by Crippen LogP contribution is 2.30. The number of hydrogen-bond donors (Lipinski definition) is 0. The van der Waals surface area contributed by atoms with Crippen LogP contribution in [-0.4, -0.2) is 47.2 Å². The smallest absolute Gasteiger partial charge is 0.289 e. The zero-order valence-electron chi connectivity index (χ0n) is 16.7. The molecule has 2 heterocycles. The van der Waals surface area contributed by atoms with Crippen molar-refractivity contribution in [2.24, 2.45) is 0 Å². The van der Waals surface area contributed by atoms with Gasteiger partial charge in [-0.3, -0.25) is 14.5 Å². The van der Waals surface area contributed by atoms with Crippen molar-refractivity contribution in [3.8, 4) is 0 Å². The number of carbonyl (C=O) groups is 2. The Kier molecular flexibility index (Phi) is 5.36. The average Bonchev–Trinajstić information content (AvgIpc) is 3.06. The van der Waals surface area contributed by atoms with Crippen molar-refractivity contribution in [3.63, 3.8) is 0 Å². The fourth-order valence-electron chi connectivity index (χ4n) is 4.49. The van der Waals surface area contributed by atoms with Gasteiger partial charge in [-0.25, -0.2) is 0 Å². The first-order valence-corrected chi connectivity index (χ1v) is 10.3. The largest absolute Gasteiger partial charge is 0.455 e. The number of carbonyl (C=O) groups excluding carboxylic acids is 2. The predicted octanol–water partition coefficient (Wildman–Crippen LogP) is 3.84. The van der Waals surface area contributed by atoms with Crippen LogP contribution in [0.5, 0.6) is 0 Å². The summed E-state index contributed by atoms with van der Waals surface area (Å²) in [6, 6.07) is 10.8. The zero-order valence-corrected chi connectivity index (χ0v) is 16.7. The van der Waals surface area contributed by atoms with Crippen molar-refractivity contribution in [1.29, 1.82) is 0 Å². The van der Waals surface area contributed by atoms with Crippen LogP contribution in [0.15, 0.2) is 34.7 Å². The summed E-state index contributed by atoms with van der Waals surface area (Å²) in [5.74, 6) is 1.11. The second-order valence-corrected chi connectivity index (χ2v) is 7.90. The molecular weight excluding hydrogens is 352 g/mol. The quantitative estimate of drug-likeness (QED) is 0.809. The van der Waals surface area contributed by atoms with Gasteiger partial charge in [-0.15, -0.1) is 0 Å². The number of furan rings is 1. The minimum Gasteiger partial charge on any atom is -0.455 e. The molecule has 0 spiro atoms. The molecule has 1 aromatic heterocycles. The van der Waals surface area contributed by atoms with E-state index in [-0.39, 0.29) is 11.7 Å². The summed E-state index contributed by atoms with van der Waals surface area (Å²) in [5, 5.41) is 0. The van der Waals surface area contributed by atoms with Crippen LogP contribution in [0.3, 0.4) is 0 Å². The number of amides is 1. The van der Waals surface area contributed by atoms with Gasteiger partial charge in [0, 0.05) is 50.6 Å². The highest BCUT2D eigenvalue weighted by molar-refractivity contribution is 6.03. The lowest BCUT2D eigenvalue weighted by Gasteiger charge is -2.41. The lowest BCUT2D eigenvalue weighted by molar-refractivity contribution is 0.0423. The van der Waals surface area contributed by atoms with Gasteiger partial charge in [0.05, 0.1) is 5.56 Å². The fraction of sp³-hybridized carbons (Fsp3) is 0.478. The van der Waals surface area contributed by atoms with Crippen LogP contribution >= 0.6 is 0 Å². The monoisotopic (exact) mass is 380 g/mol. The van der Waals surface area contributed by atoms with Crippen molar-refractivity contribution >= 4 is 11.7 Å². The molecule has 0 saturated carbocycles. The number of hydrogen-bond acceptors (Lipinski definition) is 4. The van der Waals surface area contributed by atoms with Gasteiger partial charge in [0.2, 0.25) is 0 Å². The first kappa shape index (κ1) is 18.9. The number of piperazine rings is 1. The van der Waals surface area contributed by atoms with Crippen LogP contribution in [0.4, 0.5) is 0 Å². The molecule has 5 nitrogen and oxygen atoms in total. The number of ketones is 1. The number of aryl methyl sites for hydroxylation is 1. The highest BCUT2D eigenvalue weighted by Gasteiger charge is 2.34. The first-order chi connectivity index (χ1) is 13.6. The van der Waals surface area contributed by atoms with Crippen LogP contribution < -0.4 is 0 Å². The Hall–Kier alpha value is -2.40. The molecular formula is C23H28N2O3. The number of rotatable bonds is 4. The van der Waals surface area contributed by atoms with Gasteiger partial charge in [0.15, 0.2) is 11.5 Å². The van der Waals surface area contributed by atoms with Gasteiger partial charge in [-0.1, -0.05) is 37.3 Å². The minimum atomic E-state index is -0.0717. The molecule has 1 aliphatic heterocycles. The van der Waals surface area contributed by atoms with Crippen molar-refractivity contribution < 1.29 is 14.0 Å². The Balaban J connectivity index is 1.49. The number of fused-ring (bicyclic) bond motifs is 1. The van der Waals surface area contributed by atoms with E-state index in [0.717, 1.165) is 37.9 Å². The zero-order chi connectivity index (χ0) is 19.7. The van der Waals surface area contributed by atoms with E-state index in [1.54, 1.807) is 0 Å². The Bertz CT molecular complexity index is 871. The second kappa shape index (κ2) is 7.92. The molecule has 1 saturated heterocycles. The molecule has 28 heavy (non-hydrogen) atoms. The lowest BCUT2D eigenvalue weighted by Crippen LogP contribution is -2.54. The van der Waals surface area contributed by atoms with Gasteiger partial charge in [-0.05, 0) is 25.3 Å². The molecule has 1 atom stereocenters. The third-order valence-electron chi connectivity index (χ3n) is 6.09. The summed E-state index contributed by atoms with van der Waals surface area (Å²) < 4.78 is 5.89. The summed E-state index contributed by atoms with van der Waals surface area (Å²) in [6.45, 7) is 7.15. The van der Waals surface area contributed by atoms with E-state index in [0.29, 0.717) is 42.6 Å². The molecule has 0 unspecified atom stereocenters. The number of Topliss-reactive ketones (excluding diaryl/α,β-unsaturated/α-hetero) is 1. The predicted molar refractivity (Wildman–Crippen MR) is 108 cm³/mol. The van der Waals surface area contributed by atoms with E-state index >= 15 is 0 Å². The van der Waals surface area contributed by atoms with Gasteiger partial charge < -0.3 is 9.32 Å². The van der Waals surface area contributed by atoms with Crippen molar-refractivity contribution in [2.45, 2.75) is 52.1 Å². The summed E-state index contributed by atoms with van der Waals surface area (Å²) >= 11 is 0. The van der Waals surface area contributed by atoms with Crippen LogP contribution in [0.1, 0.15) is 64.0 Å². The second-order valence-electron chi connectivity index (χ2n) is 7.90. The van der Waals surface area contributed by atoms with E-state index in [2.05, 4.69) is 36.1 Å². The molecule has 0 radical (unpaired) electrons. The Morgan fingerprint density at radius 3 is 2.68 bits per heavy atom. The molecule has 1 amide bonds. The fourth-order valence-corrected chi connectivity index (χ4v) is 4.49. The third-order valence-corrected chi connectivity index (χ3v) is 6.09.